The van der Waals surface area contributed by atoms with Gasteiger partial charge in [0.05, 0.1) is 0 Å². The molecule has 27 valence electrons. The predicted octanol–water partition coefficient (Wildman–Crippen LogP) is -0.0100. The van der Waals surface area contributed by atoms with Crippen molar-refractivity contribution in [3.63, 3.8) is 0 Å². The van der Waals surface area contributed by atoms with Gasteiger partial charge in [0.1, 0.15) is 0 Å². The van der Waals surface area contributed by atoms with Gasteiger partial charge in [0, 0.05) is 72.6 Å². The van der Waals surface area contributed by atoms with Crippen LogP contribution in [0.5, 0.6) is 0 Å². The standard InChI is InChI=1S/Cr.Mn.Ni.Ti. The number of hydrogen-bond donors (Lipinski definition) is 0. The topological polar surface area (TPSA) is 0 Å². The Balaban J connectivity index is 0. The quantitative estimate of drug-likeness (QED) is 0.497. The zero-order valence-electron chi connectivity index (χ0n) is 1.60. The van der Waals surface area contributed by atoms with Crippen molar-refractivity contribution in [2.75, 3.05) is 0 Å². The van der Waals surface area contributed by atoms with E-state index >= 15 is 0 Å². The van der Waals surface area contributed by atoms with Crippen molar-refractivity contribution in [2.45, 2.75) is 0 Å². The maximum absolute atomic E-state index is 0. The summed E-state index contributed by atoms with van der Waals surface area (Å²) >= 11 is 0. The van der Waals surface area contributed by atoms with E-state index in [1.807, 2.05) is 0 Å². The van der Waals surface area contributed by atoms with Crippen molar-refractivity contribution in [1.29, 1.82) is 0 Å². The Bertz CT molecular complexity index is 8.00. The van der Waals surface area contributed by atoms with Crippen LogP contribution in [0.3, 0.4) is 0 Å². The van der Waals surface area contributed by atoms with Crippen molar-refractivity contribution < 1.29 is 72.6 Å². The first-order valence-electron chi connectivity index (χ1n) is 0. The van der Waals surface area contributed by atoms with E-state index < -0.39 is 0 Å². The Labute approximate surface area is 71.9 Å². The van der Waals surface area contributed by atoms with Crippen LogP contribution in [0, 0.1) is 0 Å². The molecule has 4 heavy (non-hydrogen) atoms. The second-order valence-corrected chi connectivity index (χ2v) is 0. The maximum Gasteiger partial charge on any atom is 0 e. The van der Waals surface area contributed by atoms with Gasteiger partial charge in [-0.25, -0.2) is 0 Å². The largest absolute Gasteiger partial charge is 0 e. The van der Waals surface area contributed by atoms with E-state index in [2.05, 4.69) is 0 Å². The van der Waals surface area contributed by atoms with Crippen LogP contribution in [0.1, 0.15) is 0 Å². The number of hydrogen-bond acceptors (Lipinski definition) is 0. The van der Waals surface area contributed by atoms with E-state index in [4.69, 9.17) is 0 Å². The van der Waals surface area contributed by atoms with Gasteiger partial charge in [-0.05, 0) is 0 Å². The molecule has 0 bridgehead atoms. The summed E-state index contributed by atoms with van der Waals surface area (Å²) in [5, 5.41) is 0. The molecule has 0 heterocycles. The second-order valence-electron chi connectivity index (χ2n) is 0. The van der Waals surface area contributed by atoms with Crippen molar-refractivity contribution in [2.24, 2.45) is 0 Å². The van der Waals surface area contributed by atoms with Crippen LogP contribution in [-0.4, -0.2) is 0 Å². The molecule has 0 unspecified atom stereocenters. The molecule has 0 aliphatic rings. The first-order valence-corrected chi connectivity index (χ1v) is 0. The molecule has 0 saturated heterocycles. The Morgan fingerprint density at radius 2 is 1.00 bits per heavy atom. The Morgan fingerprint density at radius 1 is 1.00 bits per heavy atom. The van der Waals surface area contributed by atoms with Gasteiger partial charge >= 0.3 is 0 Å². The number of rotatable bonds is 0. The van der Waals surface area contributed by atoms with Crippen molar-refractivity contribution in [3.05, 3.63) is 0 Å². The van der Waals surface area contributed by atoms with E-state index in [-0.39, 0.29) is 72.6 Å². The molecule has 0 rings (SSSR count). The molecule has 0 spiro atoms. The smallest absolute Gasteiger partial charge is 0 e. The van der Waals surface area contributed by atoms with Crippen molar-refractivity contribution in [1.82, 2.24) is 0 Å². The molecule has 0 nitrogen and oxygen atoms in total. The third kappa shape index (κ3) is 8.86. The van der Waals surface area contributed by atoms with E-state index in [9.17, 15) is 0 Å². The first kappa shape index (κ1) is 33.9. The van der Waals surface area contributed by atoms with E-state index in [0.717, 1.165) is 0 Å². The summed E-state index contributed by atoms with van der Waals surface area (Å²) < 4.78 is 0. The summed E-state index contributed by atoms with van der Waals surface area (Å²) in [4.78, 5) is 0. The van der Waals surface area contributed by atoms with Gasteiger partial charge in [0.2, 0.25) is 0 Å². The summed E-state index contributed by atoms with van der Waals surface area (Å²) in [6, 6.07) is 0. The molecule has 0 saturated carbocycles. The van der Waals surface area contributed by atoms with Crippen LogP contribution in [-0.2, 0) is 72.6 Å². The zero-order chi connectivity index (χ0) is 0. The van der Waals surface area contributed by atoms with Gasteiger partial charge < -0.3 is 0 Å². The molecule has 0 atom stereocenters. The minimum absolute atomic E-state index is 0. The fourth-order valence-corrected chi connectivity index (χ4v) is 0. The second kappa shape index (κ2) is 18.7. The molecule has 0 aliphatic carbocycles. The van der Waals surface area contributed by atoms with Gasteiger partial charge in [-0.2, -0.15) is 0 Å². The summed E-state index contributed by atoms with van der Waals surface area (Å²) in [5.74, 6) is 0. The van der Waals surface area contributed by atoms with Gasteiger partial charge in [0.15, 0.2) is 0 Å². The van der Waals surface area contributed by atoms with E-state index in [1.165, 1.54) is 0 Å². The Hall–Kier alpha value is 2.26. The Kier molecular flexibility index (Phi) is 158. The molecule has 0 fully saturated rings. The molecular formula is CrMnNiTi. The summed E-state index contributed by atoms with van der Waals surface area (Å²) in [7, 11) is 0. The van der Waals surface area contributed by atoms with Gasteiger partial charge in [-0.1, -0.05) is 0 Å². The van der Waals surface area contributed by atoms with Gasteiger partial charge in [-0.3, -0.25) is 0 Å². The third-order valence-corrected chi connectivity index (χ3v) is 0. The molecule has 0 N–H and O–H groups in total. The predicted molar refractivity (Wildman–Crippen MR) is 0 cm³/mol. The van der Waals surface area contributed by atoms with Crippen molar-refractivity contribution >= 4 is 0 Å². The summed E-state index contributed by atoms with van der Waals surface area (Å²) in [5.41, 5.74) is 0. The third-order valence-electron chi connectivity index (χ3n) is 0. The summed E-state index contributed by atoms with van der Waals surface area (Å²) in [6.45, 7) is 0. The van der Waals surface area contributed by atoms with E-state index in [0.29, 0.717) is 0 Å². The molecule has 0 aromatic heterocycles. The van der Waals surface area contributed by atoms with Crippen LogP contribution in [0.15, 0.2) is 0 Å². The monoisotopic (exact) mass is 213 g/mol. The SMILES string of the molecule is [Cr].[Mn].[Ni].[Ti]. The molecule has 0 aromatic carbocycles. The Morgan fingerprint density at radius 3 is 1.00 bits per heavy atom. The average Bonchev–Trinajstić information content (AvgIpc) is 0. The average molecular weight is 213 g/mol. The minimum atomic E-state index is 0. The summed E-state index contributed by atoms with van der Waals surface area (Å²) in [6.07, 6.45) is 0. The maximum atomic E-state index is 0. The van der Waals surface area contributed by atoms with Crippen LogP contribution < -0.4 is 0 Å². The molecule has 0 amide bonds. The molecule has 4 heteroatoms. The van der Waals surface area contributed by atoms with Crippen LogP contribution >= 0.6 is 0 Å². The molecular weight excluding hydrogens is 213 g/mol. The molecule has 0 aliphatic heterocycles. The zero-order valence-corrected chi connectivity index (χ0v) is 6.61. The van der Waals surface area contributed by atoms with Crippen LogP contribution in [0.25, 0.3) is 0 Å². The van der Waals surface area contributed by atoms with Crippen LogP contribution in [0.2, 0.25) is 0 Å². The normalized spacial score (nSPS) is 0. The van der Waals surface area contributed by atoms with Crippen LogP contribution in [0.4, 0.5) is 0 Å². The molecule has 0 aromatic rings. The molecule has 1 radical (unpaired) electrons. The van der Waals surface area contributed by atoms with Gasteiger partial charge in [0.25, 0.3) is 0 Å². The fraction of sp³-hybridized carbons (Fsp3) is 0. The van der Waals surface area contributed by atoms with Gasteiger partial charge in [-0.15, -0.1) is 0 Å². The minimum Gasteiger partial charge on any atom is 0 e. The fourth-order valence-electron chi connectivity index (χ4n) is 0. The van der Waals surface area contributed by atoms with E-state index in [1.54, 1.807) is 0 Å². The van der Waals surface area contributed by atoms with Crippen molar-refractivity contribution in [3.8, 4) is 0 Å². The first-order chi connectivity index (χ1) is 0.